The lowest BCUT2D eigenvalue weighted by atomic mass is 9.80. The molecule has 0 atom stereocenters. The quantitative estimate of drug-likeness (QED) is 0.365. The van der Waals surface area contributed by atoms with E-state index in [4.69, 9.17) is 4.42 Å². The summed E-state index contributed by atoms with van der Waals surface area (Å²) in [5, 5.41) is 24.1. The van der Waals surface area contributed by atoms with Crippen molar-refractivity contribution in [2.75, 3.05) is 5.43 Å². The minimum Gasteiger partial charge on any atom is -0.422 e. The van der Waals surface area contributed by atoms with Crippen molar-refractivity contribution >= 4 is 17.8 Å². The number of benzene rings is 1. The molecule has 1 saturated carbocycles. The van der Waals surface area contributed by atoms with Gasteiger partial charge in [0, 0.05) is 18.1 Å². The average molecular weight is 395 g/mol. The fourth-order valence-electron chi connectivity index (χ4n) is 3.70. The van der Waals surface area contributed by atoms with Crippen LogP contribution in [0, 0.1) is 27.4 Å². The van der Waals surface area contributed by atoms with E-state index in [1.165, 1.54) is 50.5 Å². The fraction of sp³-hybridized carbons (Fsp3) is 0.476. The zero-order chi connectivity index (χ0) is 20.6. The van der Waals surface area contributed by atoms with Gasteiger partial charge in [-0.05, 0) is 49.3 Å². The van der Waals surface area contributed by atoms with E-state index in [-0.39, 0.29) is 23.2 Å². The lowest BCUT2D eigenvalue weighted by molar-refractivity contribution is -0.384. The van der Waals surface area contributed by atoms with E-state index in [2.05, 4.69) is 22.4 Å². The number of oxazole rings is 1. The van der Waals surface area contributed by atoms with E-state index in [1.807, 2.05) is 6.07 Å². The summed E-state index contributed by atoms with van der Waals surface area (Å²) in [7, 11) is 0. The van der Waals surface area contributed by atoms with Crippen LogP contribution in [0.15, 0.2) is 33.8 Å². The minimum atomic E-state index is -0.453. The second-order valence-corrected chi connectivity index (χ2v) is 7.42. The molecule has 0 bridgehead atoms. The minimum absolute atomic E-state index is 0.0196. The Bertz CT molecular complexity index is 890. The number of nitrogens with one attached hydrogen (secondary N) is 1. The maximum absolute atomic E-state index is 10.7. The van der Waals surface area contributed by atoms with Crippen LogP contribution in [-0.4, -0.2) is 16.1 Å². The number of nitrogens with zero attached hydrogens (tertiary/aromatic N) is 4. The number of nitriles is 1. The molecule has 8 nitrogen and oxygen atoms in total. The molecule has 1 N–H and O–H groups in total. The molecule has 3 rings (SSSR count). The van der Waals surface area contributed by atoms with Crippen LogP contribution in [0.3, 0.4) is 0 Å². The largest absolute Gasteiger partial charge is 0.422 e. The third-order valence-electron chi connectivity index (χ3n) is 5.40. The Morgan fingerprint density at radius 1 is 1.34 bits per heavy atom. The molecule has 1 aromatic carbocycles. The number of hydrazone groups is 1. The molecule has 0 spiro atoms. The first-order chi connectivity index (χ1) is 14.1. The van der Waals surface area contributed by atoms with Gasteiger partial charge in [0.05, 0.1) is 11.1 Å². The monoisotopic (exact) mass is 395 g/mol. The topological polar surface area (TPSA) is 117 Å². The zero-order valence-corrected chi connectivity index (χ0v) is 16.5. The summed E-state index contributed by atoms with van der Waals surface area (Å²) in [5.74, 6) is 1.87. The number of hydrogen-bond acceptors (Lipinski definition) is 7. The van der Waals surface area contributed by atoms with Crippen LogP contribution < -0.4 is 5.43 Å². The van der Waals surface area contributed by atoms with Crippen molar-refractivity contribution in [1.82, 2.24) is 4.98 Å². The molecule has 0 amide bonds. The molecule has 8 heteroatoms. The van der Waals surface area contributed by atoms with Crippen molar-refractivity contribution in [2.24, 2.45) is 11.0 Å². The third-order valence-corrected chi connectivity index (χ3v) is 5.40. The van der Waals surface area contributed by atoms with Crippen LogP contribution in [0.25, 0.3) is 0 Å². The predicted molar refractivity (Wildman–Crippen MR) is 110 cm³/mol. The van der Waals surface area contributed by atoms with Crippen molar-refractivity contribution < 1.29 is 9.34 Å². The van der Waals surface area contributed by atoms with Gasteiger partial charge in [0.25, 0.3) is 11.6 Å². The Balaban J connectivity index is 1.60. The SMILES string of the molecule is CCCCC1CCC(c2nc(C#N)c(N/N=C\c3ccc([N+](=O)[O-])cc3)o2)CC1. The summed E-state index contributed by atoms with van der Waals surface area (Å²) >= 11 is 0. The first-order valence-electron chi connectivity index (χ1n) is 10.0. The molecule has 1 heterocycles. The molecule has 1 aromatic heterocycles. The number of anilines is 1. The Hall–Kier alpha value is -3.21. The van der Waals surface area contributed by atoms with Crippen LogP contribution in [0.5, 0.6) is 0 Å². The number of hydrogen-bond donors (Lipinski definition) is 1. The van der Waals surface area contributed by atoms with Gasteiger partial charge in [-0.1, -0.05) is 26.2 Å². The van der Waals surface area contributed by atoms with Gasteiger partial charge in [-0.25, -0.2) is 10.4 Å². The van der Waals surface area contributed by atoms with E-state index in [0.717, 1.165) is 18.8 Å². The summed E-state index contributed by atoms with van der Waals surface area (Å²) in [6, 6.07) is 8.05. The smallest absolute Gasteiger partial charge is 0.269 e. The number of nitro groups is 1. The molecule has 0 saturated heterocycles. The lowest BCUT2D eigenvalue weighted by Crippen LogP contribution is -2.13. The molecule has 0 unspecified atom stereocenters. The second kappa shape index (κ2) is 9.82. The van der Waals surface area contributed by atoms with E-state index < -0.39 is 4.92 Å². The van der Waals surface area contributed by atoms with Crippen molar-refractivity contribution in [3.63, 3.8) is 0 Å². The van der Waals surface area contributed by atoms with Crippen LogP contribution in [-0.2, 0) is 0 Å². The van der Waals surface area contributed by atoms with E-state index >= 15 is 0 Å². The summed E-state index contributed by atoms with van der Waals surface area (Å²) in [6.07, 6.45) is 9.74. The zero-order valence-electron chi connectivity index (χ0n) is 16.5. The molecule has 0 radical (unpaired) electrons. The van der Waals surface area contributed by atoms with Crippen molar-refractivity contribution in [3.05, 3.63) is 51.5 Å². The number of non-ortho nitro benzene ring substituents is 1. The van der Waals surface area contributed by atoms with E-state index in [0.29, 0.717) is 11.5 Å². The maximum atomic E-state index is 10.7. The molecule has 1 fully saturated rings. The molecule has 29 heavy (non-hydrogen) atoms. The standard InChI is InChI=1S/C21H25N5O3/c1-2-3-4-15-5-9-17(10-6-15)20-24-19(13-22)21(29-20)25-23-14-16-7-11-18(12-8-16)26(27)28/h7-8,11-12,14-15,17,25H,2-6,9-10H2,1H3/b23-14-. The number of unbranched alkanes of at least 4 members (excludes halogenated alkanes) is 1. The highest BCUT2D eigenvalue weighted by molar-refractivity contribution is 5.80. The van der Waals surface area contributed by atoms with Gasteiger partial charge in [0.15, 0.2) is 0 Å². The van der Waals surface area contributed by atoms with Gasteiger partial charge >= 0.3 is 0 Å². The normalized spacial score (nSPS) is 19.2. The molecule has 1 aliphatic rings. The van der Waals surface area contributed by atoms with Crippen LogP contribution in [0.4, 0.5) is 11.6 Å². The van der Waals surface area contributed by atoms with Crippen LogP contribution in [0.1, 0.15) is 74.9 Å². The summed E-state index contributed by atoms with van der Waals surface area (Å²) < 4.78 is 5.80. The van der Waals surface area contributed by atoms with Gasteiger partial charge in [0.2, 0.25) is 11.6 Å². The van der Waals surface area contributed by atoms with Gasteiger partial charge in [-0.3, -0.25) is 10.1 Å². The molecule has 0 aliphatic heterocycles. The summed E-state index contributed by atoms with van der Waals surface area (Å²) in [6.45, 7) is 2.22. The first kappa shape index (κ1) is 20.5. The molecular formula is C21H25N5O3. The Morgan fingerprint density at radius 3 is 2.69 bits per heavy atom. The Kier molecular flexibility index (Phi) is 6.95. The van der Waals surface area contributed by atoms with Gasteiger partial charge in [-0.15, -0.1) is 0 Å². The lowest BCUT2D eigenvalue weighted by Gasteiger charge is -2.26. The van der Waals surface area contributed by atoms with Crippen molar-refractivity contribution in [2.45, 2.75) is 57.8 Å². The van der Waals surface area contributed by atoms with Crippen LogP contribution in [0.2, 0.25) is 0 Å². The Labute approximate surface area is 169 Å². The number of aromatic nitrogens is 1. The summed E-state index contributed by atoms with van der Waals surface area (Å²) in [5.41, 5.74) is 3.63. The van der Waals surface area contributed by atoms with E-state index in [1.54, 1.807) is 12.1 Å². The summed E-state index contributed by atoms with van der Waals surface area (Å²) in [4.78, 5) is 14.6. The van der Waals surface area contributed by atoms with Gasteiger partial charge < -0.3 is 4.42 Å². The Morgan fingerprint density at radius 2 is 2.07 bits per heavy atom. The molecule has 2 aromatic rings. The highest BCUT2D eigenvalue weighted by Crippen LogP contribution is 2.38. The predicted octanol–water partition coefficient (Wildman–Crippen LogP) is 5.36. The van der Waals surface area contributed by atoms with Crippen LogP contribution >= 0.6 is 0 Å². The highest BCUT2D eigenvalue weighted by atomic mass is 16.6. The van der Waals surface area contributed by atoms with Gasteiger partial charge in [-0.2, -0.15) is 10.4 Å². The molecular weight excluding hydrogens is 370 g/mol. The van der Waals surface area contributed by atoms with E-state index in [9.17, 15) is 15.4 Å². The maximum Gasteiger partial charge on any atom is 0.269 e. The van der Waals surface area contributed by atoms with Crippen molar-refractivity contribution in [1.29, 1.82) is 5.26 Å². The van der Waals surface area contributed by atoms with Crippen molar-refractivity contribution in [3.8, 4) is 6.07 Å². The average Bonchev–Trinajstić information content (AvgIpc) is 3.16. The third kappa shape index (κ3) is 5.41. The first-order valence-corrected chi connectivity index (χ1v) is 10.0. The molecule has 152 valence electrons. The molecule has 1 aliphatic carbocycles. The number of nitro benzene ring substituents is 1. The second-order valence-electron chi connectivity index (χ2n) is 7.42. The fourth-order valence-corrected chi connectivity index (χ4v) is 3.70. The highest BCUT2D eigenvalue weighted by Gasteiger charge is 2.27. The van der Waals surface area contributed by atoms with Gasteiger partial charge in [0.1, 0.15) is 6.07 Å². The number of rotatable bonds is 8.